The molecule has 0 spiro atoms. The molecule has 154 valence electrons. The van der Waals surface area contributed by atoms with Crippen molar-refractivity contribution in [1.29, 1.82) is 5.26 Å². The lowest BCUT2D eigenvalue weighted by atomic mass is 10.1. The monoisotopic (exact) mass is 442 g/mol. The largest absolute Gasteiger partial charge is 0.461 e. The zero-order chi connectivity index (χ0) is 21.9. The van der Waals surface area contributed by atoms with Crippen LogP contribution in [-0.4, -0.2) is 24.7 Å². The third-order valence-electron chi connectivity index (χ3n) is 4.54. The van der Waals surface area contributed by atoms with Crippen LogP contribution in [0.1, 0.15) is 28.5 Å². The zero-order valence-electron chi connectivity index (χ0n) is 16.7. The molecule has 1 N–H and O–H groups in total. The van der Waals surface area contributed by atoms with Crippen LogP contribution in [0.2, 0.25) is 5.02 Å². The van der Waals surface area contributed by atoms with Crippen LogP contribution < -0.4 is 10.6 Å². The van der Waals surface area contributed by atoms with Gasteiger partial charge in [-0.05, 0) is 61.4 Å². The minimum atomic E-state index is -3.73. The summed E-state index contributed by atoms with van der Waals surface area (Å²) < 4.78 is 25.1. The molecule has 1 heterocycles. The number of aromatic nitrogens is 1. The van der Waals surface area contributed by atoms with Gasteiger partial charge in [-0.2, -0.15) is 5.26 Å². The SMILES string of the molecule is CCOC(=O)c1[nH]c2ccc(Cl)cc2c1P(=O)(OC)c1cc(C)cc(/C=C/C#N)c1. The van der Waals surface area contributed by atoms with Crippen molar-refractivity contribution in [3.8, 4) is 6.07 Å². The van der Waals surface area contributed by atoms with Crippen LogP contribution in [0.3, 0.4) is 0 Å². The van der Waals surface area contributed by atoms with E-state index in [4.69, 9.17) is 26.1 Å². The van der Waals surface area contributed by atoms with E-state index < -0.39 is 13.3 Å². The van der Waals surface area contributed by atoms with Gasteiger partial charge in [0.25, 0.3) is 7.37 Å². The second kappa shape index (κ2) is 8.89. The van der Waals surface area contributed by atoms with Gasteiger partial charge in [0.2, 0.25) is 0 Å². The van der Waals surface area contributed by atoms with Crippen LogP contribution in [0.25, 0.3) is 17.0 Å². The number of nitriles is 1. The van der Waals surface area contributed by atoms with Gasteiger partial charge in [-0.15, -0.1) is 0 Å². The van der Waals surface area contributed by atoms with E-state index in [1.165, 1.54) is 13.2 Å². The maximum Gasteiger partial charge on any atom is 0.355 e. The average Bonchev–Trinajstić information content (AvgIpc) is 3.10. The van der Waals surface area contributed by atoms with Crippen LogP contribution >= 0.6 is 19.0 Å². The number of aryl methyl sites for hydroxylation is 1. The fourth-order valence-electron chi connectivity index (χ4n) is 3.32. The number of nitrogens with zero attached hydrogens (tertiary/aromatic N) is 1. The van der Waals surface area contributed by atoms with Gasteiger partial charge in [-0.1, -0.05) is 17.7 Å². The molecule has 6 nitrogen and oxygen atoms in total. The number of aromatic amines is 1. The molecule has 8 heteroatoms. The Morgan fingerprint density at radius 3 is 2.73 bits per heavy atom. The second-order valence-corrected chi connectivity index (χ2v) is 9.43. The summed E-state index contributed by atoms with van der Waals surface area (Å²) in [6.45, 7) is 3.71. The second-order valence-electron chi connectivity index (χ2n) is 6.56. The molecule has 0 aliphatic heterocycles. The van der Waals surface area contributed by atoms with Crippen LogP contribution in [-0.2, 0) is 13.8 Å². The lowest BCUT2D eigenvalue weighted by molar-refractivity contribution is 0.0522. The molecule has 2 aromatic carbocycles. The fourth-order valence-corrected chi connectivity index (χ4v) is 5.78. The molecule has 0 fully saturated rings. The maximum absolute atomic E-state index is 14.3. The molecule has 3 rings (SSSR count). The molecule has 0 aliphatic carbocycles. The maximum atomic E-state index is 14.3. The molecule has 0 bridgehead atoms. The number of fused-ring (bicyclic) bond motifs is 1. The number of esters is 1. The Labute approximate surface area is 179 Å². The first-order valence-electron chi connectivity index (χ1n) is 9.17. The van der Waals surface area contributed by atoms with Crippen molar-refractivity contribution < 1.29 is 18.6 Å². The zero-order valence-corrected chi connectivity index (χ0v) is 18.4. The molecule has 0 saturated heterocycles. The Morgan fingerprint density at radius 2 is 2.07 bits per heavy atom. The fraction of sp³-hybridized carbons (Fsp3) is 0.182. The molecule has 0 radical (unpaired) electrons. The third-order valence-corrected chi connectivity index (χ3v) is 7.28. The molecule has 1 atom stereocenters. The van der Waals surface area contributed by atoms with Crippen molar-refractivity contribution in [3.63, 3.8) is 0 Å². The summed E-state index contributed by atoms with van der Waals surface area (Å²) in [5.74, 6) is -0.630. The van der Waals surface area contributed by atoms with E-state index in [2.05, 4.69) is 4.98 Å². The summed E-state index contributed by atoms with van der Waals surface area (Å²) in [6.07, 6.45) is 2.96. The number of H-pyrrole nitrogens is 1. The van der Waals surface area contributed by atoms with Gasteiger partial charge < -0.3 is 14.2 Å². The van der Waals surface area contributed by atoms with Gasteiger partial charge >= 0.3 is 5.97 Å². The van der Waals surface area contributed by atoms with Gasteiger partial charge in [0.15, 0.2) is 0 Å². The normalized spacial score (nSPS) is 13.3. The Morgan fingerprint density at radius 1 is 1.30 bits per heavy atom. The van der Waals surface area contributed by atoms with Crippen molar-refractivity contribution in [2.75, 3.05) is 13.7 Å². The Kier molecular flexibility index (Phi) is 6.48. The van der Waals surface area contributed by atoms with Crippen LogP contribution in [0.15, 0.2) is 42.5 Å². The van der Waals surface area contributed by atoms with E-state index in [1.54, 1.807) is 43.3 Å². The van der Waals surface area contributed by atoms with E-state index in [-0.39, 0.29) is 17.6 Å². The topological polar surface area (TPSA) is 92.2 Å². The van der Waals surface area contributed by atoms with Crippen molar-refractivity contribution in [3.05, 3.63) is 64.3 Å². The lowest BCUT2D eigenvalue weighted by Gasteiger charge is -2.19. The van der Waals surface area contributed by atoms with Crippen LogP contribution in [0.5, 0.6) is 0 Å². The number of allylic oxidation sites excluding steroid dienone is 1. The molecule has 1 unspecified atom stereocenters. The number of nitrogens with one attached hydrogen (secondary N) is 1. The third kappa shape index (κ3) is 4.06. The minimum Gasteiger partial charge on any atom is -0.461 e. The first-order valence-corrected chi connectivity index (χ1v) is 11.2. The number of rotatable bonds is 6. The summed E-state index contributed by atoms with van der Waals surface area (Å²) in [6, 6.07) is 12.3. The highest BCUT2D eigenvalue weighted by Crippen LogP contribution is 2.47. The molecule has 30 heavy (non-hydrogen) atoms. The number of hydrogen-bond donors (Lipinski definition) is 1. The van der Waals surface area contributed by atoms with Crippen LogP contribution in [0, 0.1) is 18.3 Å². The Bertz CT molecular complexity index is 1240. The standard InChI is InChI=1S/C22H20ClN2O4P/c1-4-29-22(26)20-21(18-13-16(23)7-8-19(18)25-20)30(27,28-3)17-11-14(2)10-15(12-17)6-5-9-24/h5-8,10-13,25H,4H2,1-3H3/b6-5+. The molecular weight excluding hydrogens is 423 g/mol. The smallest absolute Gasteiger partial charge is 0.355 e. The molecule has 1 aromatic heterocycles. The summed E-state index contributed by atoms with van der Waals surface area (Å²) >= 11 is 6.19. The van der Waals surface area contributed by atoms with Crippen molar-refractivity contribution in [2.45, 2.75) is 13.8 Å². The van der Waals surface area contributed by atoms with Crippen LogP contribution in [0.4, 0.5) is 0 Å². The summed E-state index contributed by atoms with van der Waals surface area (Å²) in [5, 5.41) is 10.4. The van der Waals surface area contributed by atoms with Crippen molar-refractivity contribution >= 4 is 52.5 Å². The highest BCUT2D eigenvalue weighted by molar-refractivity contribution is 7.75. The van der Waals surface area contributed by atoms with Gasteiger partial charge in [0, 0.05) is 34.4 Å². The predicted octanol–water partition coefficient (Wildman–Crippen LogP) is 4.72. The average molecular weight is 443 g/mol. The van der Waals surface area contributed by atoms with Crippen molar-refractivity contribution in [2.24, 2.45) is 0 Å². The number of carbonyl (C=O) groups excluding carboxylic acids is 1. The van der Waals surface area contributed by atoms with Gasteiger partial charge in [0.05, 0.1) is 18.0 Å². The highest BCUT2D eigenvalue weighted by atomic mass is 35.5. The molecule has 3 aromatic rings. The number of ether oxygens (including phenoxy) is 1. The van der Waals surface area contributed by atoms with E-state index in [0.717, 1.165) is 5.56 Å². The molecule has 0 aliphatic rings. The summed E-state index contributed by atoms with van der Waals surface area (Å²) in [4.78, 5) is 15.7. The van der Waals surface area contributed by atoms with Gasteiger partial charge in [0.1, 0.15) is 5.69 Å². The predicted molar refractivity (Wildman–Crippen MR) is 119 cm³/mol. The van der Waals surface area contributed by atoms with E-state index in [0.29, 0.717) is 26.8 Å². The lowest BCUT2D eigenvalue weighted by Crippen LogP contribution is -2.24. The Hall–Kier alpha value is -2.84. The Balaban J connectivity index is 2.35. The first-order chi connectivity index (χ1) is 14.3. The van der Waals surface area contributed by atoms with Crippen molar-refractivity contribution in [1.82, 2.24) is 4.98 Å². The van der Waals surface area contributed by atoms with E-state index in [1.807, 2.05) is 19.1 Å². The van der Waals surface area contributed by atoms with E-state index >= 15 is 0 Å². The van der Waals surface area contributed by atoms with E-state index in [9.17, 15) is 9.36 Å². The highest BCUT2D eigenvalue weighted by Gasteiger charge is 2.36. The quantitative estimate of drug-likeness (QED) is 0.339. The number of carbonyl (C=O) groups is 1. The molecule has 0 saturated carbocycles. The summed E-state index contributed by atoms with van der Waals surface area (Å²) in [5.41, 5.74) is 2.18. The van der Waals surface area contributed by atoms with Gasteiger partial charge in [-0.3, -0.25) is 4.57 Å². The number of hydrogen-bond acceptors (Lipinski definition) is 5. The summed E-state index contributed by atoms with van der Waals surface area (Å²) in [7, 11) is -2.39. The minimum absolute atomic E-state index is 0.0647. The molecule has 0 amide bonds. The number of halogens is 1. The number of benzene rings is 2. The molecular formula is C22H20ClN2O4P. The van der Waals surface area contributed by atoms with Gasteiger partial charge in [-0.25, -0.2) is 4.79 Å². The first kappa shape index (κ1) is 21.9.